The minimum absolute atomic E-state index is 0.518. The van der Waals surface area contributed by atoms with Gasteiger partial charge in [-0.05, 0) is 52.8 Å². The molecule has 1 nitrogen and oxygen atoms in total. The third kappa shape index (κ3) is 2.80. The molecule has 0 amide bonds. The molecule has 1 saturated heterocycles. The van der Waals surface area contributed by atoms with Gasteiger partial charge in [0.1, 0.15) is 0 Å². The first-order valence-corrected chi connectivity index (χ1v) is 8.34. The zero-order valence-electron chi connectivity index (χ0n) is 11.4. The summed E-state index contributed by atoms with van der Waals surface area (Å²) in [6.45, 7) is 3.24. The second kappa shape index (κ2) is 5.98. The van der Waals surface area contributed by atoms with E-state index in [-0.39, 0.29) is 0 Å². The van der Waals surface area contributed by atoms with Gasteiger partial charge in [0.05, 0.1) is 0 Å². The Balaban J connectivity index is 1.94. The van der Waals surface area contributed by atoms with E-state index in [1.165, 1.54) is 34.3 Å². The molecule has 19 heavy (non-hydrogen) atoms. The van der Waals surface area contributed by atoms with E-state index < -0.39 is 0 Å². The Morgan fingerprint density at radius 1 is 1.21 bits per heavy atom. The summed E-state index contributed by atoms with van der Waals surface area (Å²) < 4.78 is 0. The molecule has 0 aliphatic carbocycles. The van der Waals surface area contributed by atoms with Gasteiger partial charge in [-0.25, -0.2) is 0 Å². The molecule has 0 saturated carbocycles. The maximum Gasteiger partial charge on any atom is 0.0356 e. The smallest absolute Gasteiger partial charge is 0.0356 e. The highest BCUT2D eigenvalue weighted by atomic mass is 32.2. The van der Waals surface area contributed by atoms with Crippen LogP contribution in [0.4, 0.5) is 0 Å². The van der Waals surface area contributed by atoms with Gasteiger partial charge in [0.25, 0.3) is 0 Å². The van der Waals surface area contributed by atoms with Gasteiger partial charge < -0.3 is 5.32 Å². The van der Waals surface area contributed by atoms with Crippen molar-refractivity contribution in [1.82, 2.24) is 5.32 Å². The van der Waals surface area contributed by atoms with Crippen molar-refractivity contribution in [2.75, 3.05) is 18.1 Å². The van der Waals surface area contributed by atoms with E-state index in [0.717, 1.165) is 12.5 Å². The normalized spacial score (nSPS) is 20.8. The zero-order chi connectivity index (χ0) is 13.1. The van der Waals surface area contributed by atoms with Crippen LogP contribution in [0.5, 0.6) is 0 Å². The summed E-state index contributed by atoms with van der Waals surface area (Å²) in [5.41, 5.74) is 1.45. The van der Waals surface area contributed by atoms with E-state index >= 15 is 0 Å². The molecule has 2 heteroatoms. The van der Waals surface area contributed by atoms with Crippen LogP contribution in [0.25, 0.3) is 10.8 Å². The molecule has 0 aromatic heterocycles. The molecule has 1 aliphatic rings. The highest BCUT2D eigenvalue weighted by Gasteiger charge is 2.26. The van der Waals surface area contributed by atoms with Crippen LogP contribution in [0.15, 0.2) is 42.5 Å². The molecule has 1 fully saturated rings. The molecule has 2 aromatic carbocycles. The van der Waals surface area contributed by atoms with E-state index in [1.807, 2.05) is 0 Å². The third-order valence-electron chi connectivity index (χ3n) is 3.99. The molecular formula is C17H21NS. The summed E-state index contributed by atoms with van der Waals surface area (Å²) in [5, 5.41) is 6.38. The van der Waals surface area contributed by atoms with Crippen molar-refractivity contribution in [3.63, 3.8) is 0 Å². The summed E-state index contributed by atoms with van der Waals surface area (Å²) in [6, 6.07) is 16.1. The SMILES string of the molecule is CCNC(c1ccc2ccccc2c1)C1CCSC1. The number of benzene rings is 2. The molecule has 0 bridgehead atoms. The summed E-state index contributed by atoms with van der Waals surface area (Å²) in [5.74, 6) is 3.40. The Morgan fingerprint density at radius 3 is 2.79 bits per heavy atom. The monoisotopic (exact) mass is 271 g/mol. The largest absolute Gasteiger partial charge is 0.310 e. The number of fused-ring (bicyclic) bond motifs is 1. The van der Waals surface area contributed by atoms with Gasteiger partial charge in [0, 0.05) is 6.04 Å². The minimum atomic E-state index is 0.518. The first kappa shape index (κ1) is 13.0. The lowest BCUT2D eigenvalue weighted by Crippen LogP contribution is -2.28. The summed E-state index contributed by atoms with van der Waals surface area (Å²) in [6.07, 6.45) is 1.34. The van der Waals surface area contributed by atoms with Crippen LogP contribution >= 0.6 is 11.8 Å². The molecular weight excluding hydrogens is 250 g/mol. The number of rotatable bonds is 4. The maximum absolute atomic E-state index is 3.69. The quantitative estimate of drug-likeness (QED) is 0.892. The third-order valence-corrected chi connectivity index (χ3v) is 5.18. The number of hydrogen-bond donors (Lipinski definition) is 1. The molecule has 2 unspecified atom stereocenters. The lowest BCUT2D eigenvalue weighted by Gasteiger charge is -2.24. The van der Waals surface area contributed by atoms with Crippen LogP contribution in [0.2, 0.25) is 0 Å². The fraction of sp³-hybridized carbons (Fsp3) is 0.412. The van der Waals surface area contributed by atoms with Gasteiger partial charge in [0.15, 0.2) is 0 Å². The average Bonchev–Trinajstić information content (AvgIpc) is 2.98. The second-order valence-corrected chi connectivity index (χ2v) is 6.42. The molecule has 0 spiro atoms. The molecule has 2 aromatic rings. The second-order valence-electron chi connectivity index (χ2n) is 5.27. The molecule has 100 valence electrons. The fourth-order valence-electron chi connectivity index (χ4n) is 2.99. The van der Waals surface area contributed by atoms with Gasteiger partial charge in [-0.3, -0.25) is 0 Å². The molecule has 1 N–H and O–H groups in total. The molecule has 1 aliphatic heterocycles. The van der Waals surface area contributed by atoms with E-state index in [9.17, 15) is 0 Å². The minimum Gasteiger partial charge on any atom is -0.310 e. The first-order valence-electron chi connectivity index (χ1n) is 7.18. The Labute approximate surface area is 119 Å². The highest BCUT2D eigenvalue weighted by Crippen LogP contribution is 2.35. The Morgan fingerprint density at radius 2 is 2.05 bits per heavy atom. The van der Waals surface area contributed by atoms with Crippen LogP contribution in [0.3, 0.4) is 0 Å². The number of nitrogens with one attached hydrogen (secondary N) is 1. The van der Waals surface area contributed by atoms with E-state index in [0.29, 0.717) is 6.04 Å². The maximum atomic E-state index is 3.69. The van der Waals surface area contributed by atoms with Crippen molar-refractivity contribution < 1.29 is 0 Å². The molecule has 3 rings (SSSR count). The van der Waals surface area contributed by atoms with Crippen LogP contribution in [0, 0.1) is 5.92 Å². The highest BCUT2D eigenvalue weighted by molar-refractivity contribution is 7.99. The van der Waals surface area contributed by atoms with Gasteiger partial charge in [-0.1, -0.05) is 43.3 Å². The zero-order valence-corrected chi connectivity index (χ0v) is 12.2. The molecule has 0 radical (unpaired) electrons. The topological polar surface area (TPSA) is 12.0 Å². The Hall–Kier alpha value is -0.990. The van der Waals surface area contributed by atoms with Crippen LogP contribution in [0.1, 0.15) is 24.9 Å². The van der Waals surface area contributed by atoms with Crippen molar-refractivity contribution in [2.24, 2.45) is 5.92 Å². The van der Waals surface area contributed by atoms with Crippen molar-refractivity contribution in [3.8, 4) is 0 Å². The van der Waals surface area contributed by atoms with Crippen molar-refractivity contribution in [2.45, 2.75) is 19.4 Å². The van der Waals surface area contributed by atoms with Crippen LogP contribution < -0.4 is 5.32 Å². The molecule has 2 atom stereocenters. The van der Waals surface area contributed by atoms with Gasteiger partial charge >= 0.3 is 0 Å². The average molecular weight is 271 g/mol. The van der Waals surface area contributed by atoms with Gasteiger partial charge in [-0.15, -0.1) is 0 Å². The van der Waals surface area contributed by atoms with E-state index in [1.54, 1.807) is 0 Å². The van der Waals surface area contributed by atoms with Crippen molar-refractivity contribution in [1.29, 1.82) is 0 Å². The predicted octanol–water partition coefficient (Wildman–Crippen LogP) is 4.24. The number of thioether (sulfide) groups is 1. The summed E-state index contributed by atoms with van der Waals surface area (Å²) in [4.78, 5) is 0. The van der Waals surface area contributed by atoms with Gasteiger partial charge in [0.2, 0.25) is 0 Å². The Bertz CT molecular complexity index is 546. The number of hydrogen-bond acceptors (Lipinski definition) is 2. The Kier molecular flexibility index (Phi) is 4.09. The predicted molar refractivity (Wildman–Crippen MR) is 85.8 cm³/mol. The van der Waals surface area contributed by atoms with Gasteiger partial charge in [-0.2, -0.15) is 11.8 Å². The molecule has 1 heterocycles. The summed E-state index contributed by atoms with van der Waals surface area (Å²) >= 11 is 2.09. The first-order chi connectivity index (χ1) is 9.38. The fourth-order valence-corrected chi connectivity index (χ4v) is 4.29. The van der Waals surface area contributed by atoms with Crippen LogP contribution in [-0.4, -0.2) is 18.1 Å². The van der Waals surface area contributed by atoms with Crippen molar-refractivity contribution >= 4 is 22.5 Å². The van der Waals surface area contributed by atoms with E-state index in [4.69, 9.17) is 0 Å². The van der Waals surface area contributed by atoms with Crippen molar-refractivity contribution in [3.05, 3.63) is 48.0 Å². The standard InChI is InChI=1S/C17H21NS/c1-2-18-17(16-9-10-19-12-16)15-8-7-13-5-3-4-6-14(13)11-15/h3-8,11,16-18H,2,9-10,12H2,1H3. The van der Waals surface area contributed by atoms with Crippen LogP contribution in [-0.2, 0) is 0 Å². The lowest BCUT2D eigenvalue weighted by molar-refractivity contribution is 0.401. The lowest BCUT2D eigenvalue weighted by atomic mass is 9.91. The van der Waals surface area contributed by atoms with E-state index in [2.05, 4.69) is 66.5 Å². The summed E-state index contributed by atoms with van der Waals surface area (Å²) in [7, 11) is 0.